The van der Waals surface area contributed by atoms with Gasteiger partial charge in [-0.2, -0.15) is 0 Å². The van der Waals surface area contributed by atoms with Gasteiger partial charge in [-0.3, -0.25) is 5.26 Å². The number of hydrogen-bond acceptors (Lipinski definition) is 5. The van der Waals surface area contributed by atoms with Crippen LogP contribution >= 0.6 is 0 Å². The summed E-state index contributed by atoms with van der Waals surface area (Å²) in [6.45, 7) is 0.0322. The van der Waals surface area contributed by atoms with Crippen molar-refractivity contribution < 1.29 is 24.5 Å². The first kappa shape index (κ1) is 14.7. The Kier molecular flexibility index (Phi) is 6.13. The second kappa shape index (κ2) is 7.90. The number of rotatable bonds is 5. The number of urea groups is 1. The van der Waals surface area contributed by atoms with E-state index >= 15 is 0 Å². The third kappa shape index (κ3) is 5.70. The molecular formula is C11H15N3O5. The van der Waals surface area contributed by atoms with Crippen LogP contribution in [-0.4, -0.2) is 31.2 Å². The Morgan fingerprint density at radius 2 is 1.89 bits per heavy atom. The number of methoxy groups -OCH3 is 1. The predicted octanol–water partition coefficient (Wildman–Crippen LogP) is 1.11. The molecule has 0 unspecified atom stereocenters. The van der Waals surface area contributed by atoms with E-state index in [1.807, 2.05) is 0 Å². The van der Waals surface area contributed by atoms with Crippen molar-refractivity contribution in [3.63, 3.8) is 0 Å². The lowest BCUT2D eigenvalue weighted by atomic mass is 10.2. The summed E-state index contributed by atoms with van der Waals surface area (Å²) in [4.78, 5) is 26.1. The molecular weight excluding hydrogens is 254 g/mol. The lowest BCUT2D eigenvalue weighted by Gasteiger charge is -2.08. The maximum absolute atomic E-state index is 11.4. The molecule has 1 rings (SSSR count). The van der Waals surface area contributed by atoms with Gasteiger partial charge >= 0.3 is 12.1 Å². The van der Waals surface area contributed by atoms with E-state index in [-0.39, 0.29) is 13.3 Å². The molecule has 8 heteroatoms. The number of nitrogens with one attached hydrogen (secondary N) is 3. The molecule has 0 aromatic heterocycles. The molecule has 0 aliphatic rings. The van der Waals surface area contributed by atoms with Gasteiger partial charge in [0.05, 0.1) is 13.8 Å². The number of benzene rings is 1. The van der Waals surface area contributed by atoms with Crippen molar-refractivity contribution >= 4 is 17.8 Å². The predicted molar refractivity (Wildman–Crippen MR) is 66.4 cm³/mol. The zero-order valence-electron chi connectivity index (χ0n) is 10.3. The lowest BCUT2D eigenvalue weighted by molar-refractivity contribution is -0.253. The van der Waals surface area contributed by atoms with Gasteiger partial charge in [-0.1, -0.05) is 12.1 Å². The van der Waals surface area contributed by atoms with Crippen molar-refractivity contribution in [2.24, 2.45) is 0 Å². The second-order valence-electron chi connectivity index (χ2n) is 3.45. The minimum atomic E-state index is -0.631. The Labute approximate surface area is 109 Å². The number of amides is 3. The largest absolute Gasteiger partial charge is 0.453 e. The first-order valence-corrected chi connectivity index (χ1v) is 5.37. The van der Waals surface area contributed by atoms with E-state index in [1.165, 1.54) is 7.11 Å². The van der Waals surface area contributed by atoms with Crippen LogP contribution in [0.2, 0.25) is 0 Å². The van der Waals surface area contributed by atoms with Crippen molar-refractivity contribution in [2.45, 2.75) is 6.61 Å². The Bertz CT molecular complexity index is 421. The Balaban J connectivity index is 2.33. The van der Waals surface area contributed by atoms with Gasteiger partial charge in [0.1, 0.15) is 6.61 Å². The smallest absolute Gasteiger partial charge is 0.408 e. The van der Waals surface area contributed by atoms with Gasteiger partial charge in [-0.05, 0) is 17.7 Å². The minimum Gasteiger partial charge on any atom is -0.453 e. The first-order chi connectivity index (χ1) is 9.15. The van der Waals surface area contributed by atoms with Crippen molar-refractivity contribution in [3.05, 3.63) is 29.8 Å². The molecule has 0 saturated carbocycles. The number of alkyl carbamates (subject to hydrolysis) is 1. The van der Waals surface area contributed by atoms with Gasteiger partial charge in [0.15, 0.2) is 0 Å². The van der Waals surface area contributed by atoms with Crippen LogP contribution in [-0.2, 0) is 16.2 Å². The molecule has 0 spiro atoms. The number of anilines is 1. The molecule has 0 atom stereocenters. The van der Waals surface area contributed by atoms with Gasteiger partial charge in [0.2, 0.25) is 0 Å². The highest BCUT2D eigenvalue weighted by Gasteiger charge is 2.02. The van der Waals surface area contributed by atoms with Gasteiger partial charge in [-0.15, -0.1) is 0 Å². The highest BCUT2D eigenvalue weighted by atomic mass is 17.1. The van der Waals surface area contributed by atoms with Crippen molar-refractivity contribution in [1.82, 2.24) is 10.6 Å². The van der Waals surface area contributed by atoms with Crippen molar-refractivity contribution in [1.29, 1.82) is 0 Å². The van der Waals surface area contributed by atoms with E-state index < -0.39 is 12.1 Å². The van der Waals surface area contributed by atoms with Gasteiger partial charge in [-0.25, -0.2) is 14.5 Å². The van der Waals surface area contributed by atoms with Crippen LogP contribution in [0.25, 0.3) is 0 Å². The van der Waals surface area contributed by atoms with E-state index in [1.54, 1.807) is 24.3 Å². The standard InChI is InChI=1S/C11H15N3O5/c1-18-11(16)13-7-12-10(15)14-9-4-2-8(3-5-9)6-19-17/h2-5,17H,6-7H2,1H3,(H,13,16)(H2,12,14,15). The molecule has 1 aromatic rings. The highest BCUT2D eigenvalue weighted by molar-refractivity contribution is 5.89. The Morgan fingerprint density at radius 1 is 1.21 bits per heavy atom. The normalized spacial score (nSPS) is 9.58. The van der Waals surface area contributed by atoms with Crippen LogP contribution in [0.4, 0.5) is 15.3 Å². The molecule has 0 fully saturated rings. The maximum Gasteiger partial charge on any atom is 0.408 e. The molecule has 0 radical (unpaired) electrons. The van der Waals surface area contributed by atoms with E-state index in [0.717, 1.165) is 5.56 Å². The van der Waals surface area contributed by atoms with E-state index in [0.29, 0.717) is 5.69 Å². The molecule has 8 nitrogen and oxygen atoms in total. The Hall–Kier alpha value is -2.32. The Morgan fingerprint density at radius 3 is 2.47 bits per heavy atom. The molecule has 3 amide bonds. The number of hydrogen-bond donors (Lipinski definition) is 4. The fourth-order valence-corrected chi connectivity index (χ4v) is 1.20. The summed E-state index contributed by atoms with van der Waals surface area (Å²) in [6.07, 6.45) is -0.631. The first-order valence-electron chi connectivity index (χ1n) is 5.37. The third-order valence-electron chi connectivity index (χ3n) is 2.11. The molecule has 19 heavy (non-hydrogen) atoms. The fraction of sp³-hybridized carbons (Fsp3) is 0.273. The third-order valence-corrected chi connectivity index (χ3v) is 2.11. The summed E-state index contributed by atoms with van der Waals surface area (Å²) in [6, 6.07) is 6.22. The maximum atomic E-state index is 11.4. The van der Waals surface area contributed by atoms with Gasteiger partial charge in [0.25, 0.3) is 0 Å². The summed E-state index contributed by atoms with van der Waals surface area (Å²) >= 11 is 0. The monoisotopic (exact) mass is 269 g/mol. The summed E-state index contributed by atoms with van der Waals surface area (Å²) in [5.41, 5.74) is 1.33. The lowest BCUT2D eigenvalue weighted by Crippen LogP contribution is -2.39. The van der Waals surface area contributed by atoms with Crippen LogP contribution in [0.1, 0.15) is 5.56 Å². The molecule has 1 aromatic carbocycles. The molecule has 104 valence electrons. The zero-order valence-corrected chi connectivity index (χ0v) is 10.3. The van der Waals surface area contributed by atoms with Crippen molar-refractivity contribution in [3.8, 4) is 0 Å². The van der Waals surface area contributed by atoms with Crippen LogP contribution in [0.3, 0.4) is 0 Å². The number of carbonyl (C=O) groups is 2. The van der Waals surface area contributed by atoms with Crippen LogP contribution in [0.15, 0.2) is 24.3 Å². The van der Waals surface area contributed by atoms with Crippen LogP contribution in [0.5, 0.6) is 0 Å². The second-order valence-corrected chi connectivity index (χ2v) is 3.45. The molecule has 0 saturated heterocycles. The molecule has 0 heterocycles. The summed E-state index contributed by atoms with van der Waals surface area (Å²) in [5, 5.41) is 15.5. The van der Waals surface area contributed by atoms with Gasteiger partial charge < -0.3 is 20.7 Å². The summed E-state index contributed by atoms with van der Waals surface area (Å²) in [7, 11) is 1.23. The summed E-state index contributed by atoms with van der Waals surface area (Å²) in [5.74, 6) is 0. The SMILES string of the molecule is COC(=O)NCNC(=O)Nc1ccc(COO)cc1. The van der Waals surface area contributed by atoms with E-state index in [4.69, 9.17) is 5.26 Å². The van der Waals surface area contributed by atoms with Gasteiger partial charge in [0, 0.05) is 5.69 Å². The molecule has 0 aliphatic heterocycles. The van der Waals surface area contributed by atoms with E-state index in [9.17, 15) is 9.59 Å². The minimum absolute atomic E-state index is 0.0467. The molecule has 0 aliphatic carbocycles. The summed E-state index contributed by atoms with van der Waals surface area (Å²) < 4.78 is 4.33. The van der Waals surface area contributed by atoms with Crippen LogP contribution < -0.4 is 16.0 Å². The molecule has 0 bridgehead atoms. The van der Waals surface area contributed by atoms with E-state index in [2.05, 4.69) is 25.6 Å². The average molecular weight is 269 g/mol. The quantitative estimate of drug-likeness (QED) is 0.364. The fourth-order valence-electron chi connectivity index (χ4n) is 1.20. The average Bonchev–Trinajstić information content (AvgIpc) is 2.41. The molecule has 4 N–H and O–H groups in total. The number of carbonyl (C=O) groups excluding carboxylic acids is 2. The van der Waals surface area contributed by atoms with Crippen molar-refractivity contribution in [2.75, 3.05) is 19.1 Å². The highest BCUT2D eigenvalue weighted by Crippen LogP contribution is 2.09. The topological polar surface area (TPSA) is 109 Å². The zero-order chi connectivity index (χ0) is 14.1. The van der Waals surface area contributed by atoms with Crippen LogP contribution in [0, 0.1) is 0 Å². The number of ether oxygens (including phenoxy) is 1.